The maximum atomic E-state index is 12.6. The molecule has 1 aliphatic heterocycles. The van der Waals surface area contributed by atoms with Crippen LogP contribution in [0.2, 0.25) is 0 Å². The van der Waals surface area contributed by atoms with Gasteiger partial charge in [-0.1, -0.05) is 0 Å². The summed E-state index contributed by atoms with van der Waals surface area (Å²) in [6.45, 7) is 5.67. The summed E-state index contributed by atoms with van der Waals surface area (Å²) in [6, 6.07) is 3.09. The summed E-state index contributed by atoms with van der Waals surface area (Å²) in [7, 11) is -1.57. The summed E-state index contributed by atoms with van der Waals surface area (Å²) in [5.41, 5.74) is 5.49. The molecule has 1 aliphatic rings. The standard InChI is InChI=1S/C12H20N4O2S/c1-12(2)9-16(8-7-15(12)3)19(17,18)10-5-4-6-14-11(10)13/h4-6H,7-9H2,1-3H3,(H2,13,14). The molecule has 0 amide bonds. The minimum Gasteiger partial charge on any atom is -0.383 e. The molecular weight excluding hydrogens is 264 g/mol. The number of hydrogen-bond acceptors (Lipinski definition) is 5. The molecule has 0 spiro atoms. The Morgan fingerprint density at radius 1 is 1.37 bits per heavy atom. The Morgan fingerprint density at radius 2 is 2.05 bits per heavy atom. The van der Waals surface area contributed by atoms with Gasteiger partial charge in [-0.3, -0.25) is 4.90 Å². The number of hydrogen-bond donors (Lipinski definition) is 1. The van der Waals surface area contributed by atoms with E-state index in [1.54, 1.807) is 6.07 Å². The first-order chi connectivity index (χ1) is 8.75. The molecule has 1 saturated heterocycles. The van der Waals surface area contributed by atoms with Gasteiger partial charge >= 0.3 is 0 Å². The predicted molar refractivity (Wildman–Crippen MR) is 74.1 cm³/mol. The van der Waals surface area contributed by atoms with Gasteiger partial charge in [0, 0.05) is 31.4 Å². The number of nitrogens with two attached hydrogens (primary N) is 1. The second-order valence-corrected chi connectivity index (χ2v) is 7.37. The molecule has 2 rings (SSSR count). The van der Waals surface area contributed by atoms with Crippen LogP contribution in [0, 0.1) is 0 Å². The highest BCUT2D eigenvalue weighted by Crippen LogP contribution is 2.26. The van der Waals surface area contributed by atoms with Crippen molar-refractivity contribution < 1.29 is 8.42 Å². The number of piperazine rings is 1. The highest BCUT2D eigenvalue weighted by molar-refractivity contribution is 7.89. The molecule has 7 heteroatoms. The van der Waals surface area contributed by atoms with Crippen LogP contribution in [-0.2, 0) is 10.0 Å². The van der Waals surface area contributed by atoms with Crippen molar-refractivity contribution in [1.29, 1.82) is 0 Å². The smallest absolute Gasteiger partial charge is 0.246 e. The van der Waals surface area contributed by atoms with Gasteiger partial charge in [0.25, 0.3) is 0 Å². The minimum absolute atomic E-state index is 0.0548. The topological polar surface area (TPSA) is 79.5 Å². The van der Waals surface area contributed by atoms with Gasteiger partial charge in [0.2, 0.25) is 10.0 Å². The zero-order valence-electron chi connectivity index (χ0n) is 11.5. The number of rotatable bonds is 2. The third-order valence-corrected chi connectivity index (χ3v) is 5.59. The number of pyridine rings is 1. The third kappa shape index (κ3) is 2.58. The van der Waals surface area contributed by atoms with E-state index in [1.165, 1.54) is 16.6 Å². The molecule has 1 fully saturated rings. The van der Waals surface area contributed by atoms with Crippen LogP contribution >= 0.6 is 0 Å². The lowest BCUT2D eigenvalue weighted by molar-refractivity contribution is 0.0802. The van der Waals surface area contributed by atoms with Gasteiger partial charge in [0.05, 0.1) is 0 Å². The van der Waals surface area contributed by atoms with Gasteiger partial charge in [0.15, 0.2) is 0 Å². The van der Waals surface area contributed by atoms with Crippen LogP contribution in [0.15, 0.2) is 23.2 Å². The van der Waals surface area contributed by atoms with E-state index in [4.69, 9.17) is 5.73 Å². The molecule has 1 aromatic heterocycles. The fourth-order valence-corrected chi connectivity index (χ4v) is 3.81. The maximum absolute atomic E-state index is 12.6. The maximum Gasteiger partial charge on any atom is 0.246 e. The zero-order valence-corrected chi connectivity index (χ0v) is 12.3. The van der Waals surface area contributed by atoms with Crippen molar-refractivity contribution in [2.45, 2.75) is 24.3 Å². The lowest BCUT2D eigenvalue weighted by Gasteiger charge is -2.44. The molecule has 2 N–H and O–H groups in total. The van der Waals surface area contributed by atoms with E-state index >= 15 is 0 Å². The molecule has 6 nitrogen and oxygen atoms in total. The number of aromatic nitrogens is 1. The highest BCUT2D eigenvalue weighted by Gasteiger charge is 2.37. The van der Waals surface area contributed by atoms with E-state index < -0.39 is 10.0 Å². The normalized spacial score (nSPS) is 21.4. The molecule has 19 heavy (non-hydrogen) atoms. The molecule has 0 atom stereocenters. The number of nitrogen functional groups attached to an aromatic ring is 1. The van der Waals surface area contributed by atoms with Gasteiger partial charge in [0.1, 0.15) is 10.7 Å². The average molecular weight is 284 g/mol. The van der Waals surface area contributed by atoms with Crippen LogP contribution in [0.5, 0.6) is 0 Å². The number of anilines is 1. The van der Waals surface area contributed by atoms with Crippen molar-refractivity contribution >= 4 is 15.8 Å². The van der Waals surface area contributed by atoms with Crippen LogP contribution in [0.1, 0.15) is 13.8 Å². The first-order valence-corrected chi connectivity index (χ1v) is 7.61. The largest absolute Gasteiger partial charge is 0.383 e. The summed E-state index contributed by atoms with van der Waals surface area (Å²) < 4.78 is 26.7. The average Bonchev–Trinajstić information content (AvgIpc) is 2.32. The molecule has 0 bridgehead atoms. The van der Waals surface area contributed by atoms with Crippen LogP contribution < -0.4 is 5.73 Å². The Bertz CT molecular complexity index is 571. The molecule has 2 heterocycles. The van der Waals surface area contributed by atoms with E-state index in [-0.39, 0.29) is 16.3 Å². The quantitative estimate of drug-likeness (QED) is 0.849. The fraction of sp³-hybridized carbons (Fsp3) is 0.583. The summed E-state index contributed by atoms with van der Waals surface area (Å²) in [6.07, 6.45) is 1.49. The van der Waals surface area contributed by atoms with Gasteiger partial charge in [-0.2, -0.15) is 4.31 Å². The van der Waals surface area contributed by atoms with Crippen molar-refractivity contribution in [2.75, 3.05) is 32.4 Å². The van der Waals surface area contributed by atoms with Gasteiger partial charge in [-0.25, -0.2) is 13.4 Å². The second kappa shape index (κ2) is 4.73. The summed E-state index contributed by atoms with van der Waals surface area (Å²) in [5, 5.41) is 0. The summed E-state index contributed by atoms with van der Waals surface area (Å²) in [5.74, 6) is 0.0548. The Labute approximate surface area is 114 Å². The minimum atomic E-state index is -3.57. The van der Waals surface area contributed by atoms with Gasteiger partial charge < -0.3 is 5.73 Å². The van der Waals surface area contributed by atoms with Gasteiger partial charge in [-0.15, -0.1) is 0 Å². The van der Waals surface area contributed by atoms with Crippen LogP contribution in [-0.4, -0.2) is 54.8 Å². The van der Waals surface area contributed by atoms with Gasteiger partial charge in [-0.05, 0) is 33.0 Å². The molecule has 0 saturated carbocycles. The summed E-state index contributed by atoms with van der Waals surface area (Å²) >= 11 is 0. The molecule has 0 aliphatic carbocycles. The predicted octanol–water partition coefficient (Wildman–Crippen LogP) is 0.378. The Hall–Kier alpha value is -1.18. The van der Waals surface area contributed by atoms with E-state index in [1.807, 2.05) is 20.9 Å². The van der Waals surface area contributed by atoms with E-state index in [9.17, 15) is 8.42 Å². The summed E-state index contributed by atoms with van der Waals surface area (Å²) in [4.78, 5) is 6.10. The van der Waals surface area contributed by atoms with Crippen LogP contribution in [0.4, 0.5) is 5.82 Å². The van der Waals surface area contributed by atoms with E-state index in [0.717, 1.165) is 0 Å². The Kier molecular flexibility index (Phi) is 3.55. The van der Waals surface area contributed by atoms with E-state index in [2.05, 4.69) is 9.88 Å². The SMILES string of the molecule is CN1CCN(S(=O)(=O)c2cccnc2N)CC1(C)C. The molecular formula is C12H20N4O2S. The van der Waals surface area contributed by atoms with Crippen molar-refractivity contribution in [2.24, 2.45) is 0 Å². The molecule has 0 aromatic carbocycles. The van der Waals surface area contributed by atoms with E-state index in [0.29, 0.717) is 19.6 Å². The third-order valence-electron chi connectivity index (χ3n) is 3.70. The van der Waals surface area contributed by atoms with Crippen molar-refractivity contribution in [1.82, 2.24) is 14.2 Å². The highest BCUT2D eigenvalue weighted by atomic mass is 32.2. The number of likely N-dealkylation sites (N-methyl/N-ethyl adjacent to an activating group) is 1. The van der Waals surface area contributed by atoms with Crippen molar-refractivity contribution in [3.63, 3.8) is 0 Å². The fourth-order valence-electron chi connectivity index (χ4n) is 2.16. The lowest BCUT2D eigenvalue weighted by Crippen LogP contribution is -2.58. The molecule has 1 aromatic rings. The molecule has 0 unspecified atom stereocenters. The lowest BCUT2D eigenvalue weighted by atomic mass is 10.0. The Morgan fingerprint density at radius 3 is 2.63 bits per heavy atom. The number of nitrogens with zero attached hydrogens (tertiary/aromatic N) is 3. The monoisotopic (exact) mass is 284 g/mol. The number of sulfonamides is 1. The molecule has 106 valence electrons. The van der Waals surface area contributed by atoms with Crippen LogP contribution in [0.25, 0.3) is 0 Å². The van der Waals surface area contributed by atoms with Crippen LogP contribution in [0.3, 0.4) is 0 Å². The van der Waals surface area contributed by atoms with Crippen molar-refractivity contribution in [3.8, 4) is 0 Å². The zero-order chi connectivity index (χ0) is 14.3. The van der Waals surface area contributed by atoms with Crippen molar-refractivity contribution in [3.05, 3.63) is 18.3 Å². The molecule has 0 radical (unpaired) electrons. The second-order valence-electron chi connectivity index (χ2n) is 5.46. The Balaban J connectivity index is 2.34. The first-order valence-electron chi connectivity index (χ1n) is 6.17. The first kappa shape index (κ1) is 14.2.